The predicted molar refractivity (Wildman–Crippen MR) is 103 cm³/mol. The van der Waals surface area contributed by atoms with E-state index in [0.29, 0.717) is 17.3 Å². The monoisotopic (exact) mass is 378 g/mol. The maximum atomic E-state index is 12.5. The first kappa shape index (κ1) is 19.1. The summed E-state index contributed by atoms with van der Waals surface area (Å²) in [7, 11) is 0. The summed E-state index contributed by atoms with van der Waals surface area (Å²) < 4.78 is 0. The van der Waals surface area contributed by atoms with Gasteiger partial charge in [0.15, 0.2) is 0 Å². The molecule has 2 amide bonds. The lowest BCUT2D eigenvalue weighted by Crippen LogP contribution is -2.55. The van der Waals surface area contributed by atoms with Crippen LogP contribution in [-0.4, -0.2) is 78.4 Å². The van der Waals surface area contributed by atoms with Crippen LogP contribution in [0.4, 0.5) is 5.69 Å². The number of amides is 2. The number of carbonyl (C=O) groups excluding carboxylic acids is 2. The van der Waals surface area contributed by atoms with Crippen molar-refractivity contribution < 1.29 is 9.59 Å². The van der Waals surface area contributed by atoms with Crippen LogP contribution in [0.2, 0.25) is 5.02 Å². The molecule has 0 radical (unpaired) electrons. The lowest BCUT2D eigenvalue weighted by Gasteiger charge is -2.38. The third-order valence-electron chi connectivity index (χ3n) is 5.24. The molecule has 6 nitrogen and oxygen atoms in total. The molecule has 1 aromatic rings. The molecule has 0 aliphatic carbocycles. The Balaban J connectivity index is 1.44. The second kappa shape index (κ2) is 8.84. The molecule has 0 unspecified atom stereocenters. The molecule has 2 aliphatic rings. The lowest BCUT2D eigenvalue weighted by molar-refractivity contribution is -0.136. The number of nitrogens with zero attached hydrogens (tertiary/aromatic N) is 3. The highest BCUT2D eigenvalue weighted by Gasteiger charge is 2.30. The second-order valence-corrected chi connectivity index (χ2v) is 7.46. The van der Waals surface area contributed by atoms with Gasteiger partial charge in [0.2, 0.25) is 11.8 Å². The summed E-state index contributed by atoms with van der Waals surface area (Å²) in [4.78, 5) is 31.1. The molecule has 0 bridgehead atoms. The minimum atomic E-state index is -0.0767. The Morgan fingerprint density at radius 3 is 2.38 bits per heavy atom. The van der Waals surface area contributed by atoms with Gasteiger partial charge in [0.1, 0.15) is 0 Å². The van der Waals surface area contributed by atoms with Crippen LogP contribution in [0.1, 0.15) is 19.8 Å². The van der Waals surface area contributed by atoms with E-state index >= 15 is 0 Å². The molecule has 0 spiro atoms. The van der Waals surface area contributed by atoms with Crippen LogP contribution in [0.15, 0.2) is 24.3 Å². The average Bonchev–Trinajstić information content (AvgIpc) is 3.18. The fraction of sp³-hybridized carbons (Fsp3) is 0.579. The summed E-state index contributed by atoms with van der Waals surface area (Å²) in [5, 5.41) is 3.40. The van der Waals surface area contributed by atoms with E-state index in [-0.39, 0.29) is 17.9 Å². The maximum absolute atomic E-state index is 12.5. The Bertz CT molecular complexity index is 640. The molecule has 1 aromatic carbocycles. The Hall–Kier alpha value is -1.63. The fourth-order valence-corrected chi connectivity index (χ4v) is 3.81. The van der Waals surface area contributed by atoms with Crippen molar-refractivity contribution >= 4 is 29.1 Å². The number of rotatable bonds is 5. The number of hydrogen-bond donors (Lipinski definition) is 1. The van der Waals surface area contributed by atoms with Crippen molar-refractivity contribution in [3.05, 3.63) is 29.3 Å². The first-order valence-electron chi connectivity index (χ1n) is 9.34. The first-order valence-corrected chi connectivity index (χ1v) is 9.72. The van der Waals surface area contributed by atoms with E-state index in [1.807, 2.05) is 24.0 Å². The van der Waals surface area contributed by atoms with E-state index in [0.717, 1.165) is 52.1 Å². The fourth-order valence-electron chi connectivity index (χ4n) is 3.62. The first-order chi connectivity index (χ1) is 12.5. The maximum Gasteiger partial charge on any atom is 0.239 e. The van der Waals surface area contributed by atoms with Gasteiger partial charge in [0, 0.05) is 39.3 Å². The van der Waals surface area contributed by atoms with Crippen molar-refractivity contribution in [2.45, 2.75) is 25.8 Å². The Morgan fingerprint density at radius 2 is 1.73 bits per heavy atom. The number of halogens is 1. The number of para-hydroxylation sites is 1. The van der Waals surface area contributed by atoms with E-state index in [4.69, 9.17) is 11.6 Å². The minimum Gasteiger partial charge on any atom is -0.341 e. The smallest absolute Gasteiger partial charge is 0.239 e. The van der Waals surface area contributed by atoms with Crippen molar-refractivity contribution in [1.29, 1.82) is 0 Å². The SMILES string of the molecule is C[C@H](C(=O)N1CCCC1)N1CCN(CC(=O)Nc2ccccc2Cl)CC1. The van der Waals surface area contributed by atoms with E-state index < -0.39 is 0 Å². The van der Waals surface area contributed by atoms with Gasteiger partial charge in [-0.15, -0.1) is 0 Å². The molecule has 3 rings (SSSR count). The molecule has 2 aliphatic heterocycles. The third-order valence-corrected chi connectivity index (χ3v) is 5.57. The third kappa shape index (κ3) is 4.75. The van der Waals surface area contributed by atoms with Gasteiger partial charge in [0.25, 0.3) is 0 Å². The zero-order valence-corrected chi connectivity index (χ0v) is 16.0. The zero-order valence-electron chi connectivity index (χ0n) is 15.3. The highest BCUT2D eigenvalue weighted by molar-refractivity contribution is 6.33. The molecular formula is C19H27ClN4O2. The summed E-state index contributed by atoms with van der Waals surface area (Å²) in [5.74, 6) is 0.181. The summed E-state index contributed by atoms with van der Waals surface area (Å²) in [6.45, 7) is 7.31. The van der Waals surface area contributed by atoms with Gasteiger partial charge in [0.05, 0.1) is 23.3 Å². The highest BCUT2D eigenvalue weighted by atomic mass is 35.5. The second-order valence-electron chi connectivity index (χ2n) is 7.05. The largest absolute Gasteiger partial charge is 0.341 e. The van der Waals surface area contributed by atoms with Crippen LogP contribution >= 0.6 is 11.6 Å². The van der Waals surface area contributed by atoms with E-state index in [9.17, 15) is 9.59 Å². The van der Waals surface area contributed by atoms with Gasteiger partial charge in [-0.25, -0.2) is 0 Å². The summed E-state index contributed by atoms with van der Waals surface area (Å²) in [6.07, 6.45) is 2.24. The molecule has 7 heteroatoms. The van der Waals surface area contributed by atoms with Crippen LogP contribution < -0.4 is 5.32 Å². The molecule has 0 aromatic heterocycles. The summed E-state index contributed by atoms with van der Waals surface area (Å²) in [6, 6.07) is 7.16. The molecular weight excluding hydrogens is 352 g/mol. The van der Waals surface area contributed by atoms with Crippen molar-refractivity contribution in [2.75, 3.05) is 51.1 Å². The van der Waals surface area contributed by atoms with Gasteiger partial charge < -0.3 is 10.2 Å². The number of carbonyl (C=O) groups is 2. The van der Waals surface area contributed by atoms with Crippen LogP contribution in [0.3, 0.4) is 0 Å². The number of hydrogen-bond acceptors (Lipinski definition) is 4. The van der Waals surface area contributed by atoms with Gasteiger partial charge >= 0.3 is 0 Å². The normalized spacial score (nSPS) is 20.2. The average molecular weight is 379 g/mol. The van der Waals surface area contributed by atoms with Gasteiger partial charge in [-0.3, -0.25) is 19.4 Å². The number of anilines is 1. The van der Waals surface area contributed by atoms with Crippen molar-refractivity contribution in [3.63, 3.8) is 0 Å². The summed E-state index contributed by atoms with van der Waals surface area (Å²) >= 11 is 6.08. The Labute approximate surface area is 160 Å². The predicted octanol–water partition coefficient (Wildman–Crippen LogP) is 1.91. The summed E-state index contributed by atoms with van der Waals surface area (Å²) in [5.41, 5.74) is 0.641. The zero-order chi connectivity index (χ0) is 18.5. The molecule has 26 heavy (non-hydrogen) atoms. The molecule has 2 saturated heterocycles. The minimum absolute atomic E-state index is 0.0623. The molecule has 2 heterocycles. The number of benzene rings is 1. The Morgan fingerprint density at radius 1 is 1.08 bits per heavy atom. The van der Waals surface area contributed by atoms with E-state index in [2.05, 4.69) is 15.1 Å². The lowest BCUT2D eigenvalue weighted by atomic mass is 10.2. The highest BCUT2D eigenvalue weighted by Crippen LogP contribution is 2.20. The van der Waals surface area contributed by atoms with Gasteiger partial charge in [-0.2, -0.15) is 0 Å². The number of piperazine rings is 1. The van der Waals surface area contributed by atoms with Gasteiger partial charge in [-0.05, 0) is 31.9 Å². The van der Waals surface area contributed by atoms with Crippen LogP contribution in [0, 0.1) is 0 Å². The van der Waals surface area contributed by atoms with Crippen LogP contribution in [-0.2, 0) is 9.59 Å². The van der Waals surface area contributed by atoms with Crippen molar-refractivity contribution in [2.24, 2.45) is 0 Å². The van der Waals surface area contributed by atoms with Crippen LogP contribution in [0.25, 0.3) is 0 Å². The molecule has 2 fully saturated rings. The number of nitrogens with one attached hydrogen (secondary N) is 1. The van der Waals surface area contributed by atoms with Gasteiger partial charge in [-0.1, -0.05) is 23.7 Å². The van der Waals surface area contributed by atoms with Crippen LogP contribution in [0.5, 0.6) is 0 Å². The van der Waals surface area contributed by atoms with Crippen molar-refractivity contribution in [3.8, 4) is 0 Å². The number of likely N-dealkylation sites (tertiary alicyclic amines) is 1. The molecule has 142 valence electrons. The Kier molecular flexibility index (Phi) is 6.51. The quantitative estimate of drug-likeness (QED) is 0.850. The van der Waals surface area contributed by atoms with Crippen molar-refractivity contribution in [1.82, 2.24) is 14.7 Å². The van der Waals surface area contributed by atoms with E-state index in [1.54, 1.807) is 12.1 Å². The van der Waals surface area contributed by atoms with E-state index in [1.165, 1.54) is 0 Å². The topological polar surface area (TPSA) is 55.9 Å². The molecule has 0 saturated carbocycles. The molecule has 1 N–H and O–H groups in total. The standard InChI is InChI=1S/C19H27ClN4O2/c1-15(19(26)24-8-4-5-9-24)23-12-10-22(11-13-23)14-18(25)21-17-7-3-2-6-16(17)20/h2-3,6-7,15H,4-5,8-14H2,1H3,(H,21,25)/t15-/m1/s1. The molecule has 1 atom stereocenters.